The van der Waals surface area contributed by atoms with E-state index in [9.17, 15) is 13.2 Å². The van der Waals surface area contributed by atoms with E-state index >= 15 is 0 Å². The number of sulfonamides is 1. The lowest BCUT2D eigenvalue weighted by Crippen LogP contribution is -2.36. The smallest absolute Gasteiger partial charge is 0.241 e. The first-order valence-electron chi connectivity index (χ1n) is 5.96. The average molecular weight is 317 g/mol. The maximum Gasteiger partial charge on any atom is 0.241 e. The average Bonchev–Trinajstić information content (AvgIpc) is 2.36. The van der Waals surface area contributed by atoms with Crippen molar-refractivity contribution in [2.45, 2.75) is 18.2 Å². The molecule has 5 N–H and O–H groups in total. The molecule has 1 aromatic carbocycles. The first-order valence-corrected chi connectivity index (χ1v) is 9.07. The molecule has 1 atom stereocenters. The van der Waals surface area contributed by atoms with Crippen molar-refractivity contribution in [3.05, 3.63) is 29.8 Å². The molecule has 0 saturated heterocycles. The Balaban J connectivity index is 2.59. The van der Waals surface area contributed by atoms with Crippen molar-refractivity contribution < 1.29 is 13.2 Å². The van der Waals surface area contributed by atoms with Crippen LogP contribution in [0.2, 0.25) is 0 Å². The number of hydrogen-bond acceptors (Lipinski definition) is 5. The maximum absolute atomic E-state index is 11.8. The standard InChI is InChI=1S/C12H19N3O3S2/c1-19-7-6-11(13)12(16)15-10-4-2-9(3-5-10)8-20(14,17)18/h2-5,11H,6-8,13H2,1H3,(H,15,16)(H2,14,17,18)/t11-/m1/s1. The molecular weight excluding hydrogens is 298 g/mol. The first kappa shape index (κ1) is 17.0. The molecule has 0 saturated carbocycles. The Morgan fingerprint density at radius 1 is 1.35 bits per heavy atom. The highest BCUT2D eigenvalue weighted by atomic mass is 32.2. The fourth-order valence-corrected chi connectivity index (χ4v) is 2.67. The van der Waals surface area contributed by atoms with Crippen LogP contribution in [0.4, 0.5) is 5.69 Å². The van der Waals surface area contributed by atoms with E-state index in [0.717, 1.165) is 5.75 Å². The van der Waals surface area contributed by atoms with Gasteiger partial charge in [0.25, 0.3) is 0 Å². The van der Waals surface area contributed by atoms with Gasteiger partial charge in [0.05, 0.1) is 11.8 Å². The van der Waals surface area contributed by atoms with Crippen LogP contribution in [0.5, 0.6) is 0 Å². The van der Waals surface area contributed by atoms with E-state index in [1.165, 1.54) is 0 Å². The van der Waals surface area contributed by atoms with Gasteiger partial charge in [0.1, 0.15) is 0 Å². The third-order valence-electron chi connectivity index (χ3n) is 2.56. The van der Waals surface area contributed by atoms with Gasteiger partial charge in [-0.3, -0.25) is 4.79 Å². The Morgan fingerprint density at radius 3 is 2.45 bits per heavy atom. The molecule has 0 unspecified atom stereocenters. The van der Waals surface area contributed by atoms with Crippen LogP contribution in [-0.2, 0) is 20.6 Å². The predicted molar refractivity (Wildman–Crippen MR) is 82.9 cm³/mol. The van der Waals surface area contributed by atoms with Gasteiger partial charge in [-0.05, 0) is 36.1 Å². The van der Waals surface area contributed by atoms with Gasteiger partial charge in [-0.1, -0.05) is 12.1 Å². The fourth-order valence-electron chi connectivity index (χ4n) is 1.53. The number of hydrogen-bond donors (Lipinski definition) is 3. The quantitative estimate of drug-likeness (QED) is 0.677. The van der Waals surface area contributed by atoms with E-state index in [1.807, 2.05) is 6.26 Å². The summed E-state index contributed by atoms with van der Waals surface area (Å²) in [4.78, 5) is 11.8. The van der Waals surface area contributed by atoms with Crippen LogP contribution in [0.15, 0.2) is 24.3 Å². The highest BCUT2D eigenvalue weighted by Gasteiger charge is 2.13. The lowest BCUT2D eigenvalue weighted by Gasteiger charge is -2.11. The third-order valence-corrected chi connectivity index (χ3v) is 3.94. The Bertz CT molecular complexity index is 544. The molecule has 20 heavy (non-hydrogen) atoms. The van der Waals surface area contributed by atoms with Crippen molar-refractivity contribution in [3.63, 3.8) is 0 Å². The number of anilines is 1. The van der Waals surface area contributed by atoms with Crippen molar-refractivity contribution >= 4 is 33.4 Å². The molecule has 6 nitrogen and oxygen atoms in total. The predicted octanol–water partition coefficient (Wildman–Crippen LogP) is 0.494. The number of carbonyl (C=O) groups is 1. The van der Waals surface area contributed by atoms with Crippen LogP contribution in [0.1, 0.15) is 12.0 Å². The highest BCUT2D eigenvalue weighted by molar-refractivity contribution is 7.98. The summed E-state index contributed by atoms with van der Waals surface area (Å²) in [5, 5.41) is 7.64. The summed E-state index contributed by atoms with van der Waals surface area (Å²) in [6.45, 7) is 0. The molecule has 0 spiro atoms. The zero-order valence-corrected chi connectivity index (χ0v) is 12.8. The van der Waals surface area contributed by atoms with E-state index in [1.54, 1.807) is 36.0 Å². The molecule has 0 aliphatic heterocycles. The van der Waals surface area contributed by atoms with Crippen molar-refractivity contribution in [1.29, 1.82) is 0 Å². The molecule has 0 radical (unpaired) electrons. The van der Waals surface area contributed by atoms with Crippen LogP contribution in [0.3, 0.4) is 0 Å². The molecule has 0 aliphatic rings. The minimum Gasteiger partial charge on any atom is -0.325 e. The van der Waals surface area contributed by atoms with Crippen LogP contribution < -0.4 is 16.2 Å². The molecule has 1 rings (SSSR count). The van der Waals surface area contributed by atoms with Gasteiger partial charge in [0.2, 0.25) is 15.9 Å². The van der Waals surface area contributed by atoms with E-state index < -0.39 is 16.1 Å². The minimum absolute atomic E-state index is 0.228. The van der Waals surface area contributed by atoms with Crippen LogP contribution in [0, 0.1) is 0 Å². The summed E-state index contributed by atoms with van der Waals surface area (Å²) in [7, 11) is -3.55. The summed E-state index contributed by atoms with van der Waals surface area (Å²) < 4.78 is 21.9. The van der Waals surface area contributed by atoms with Crippen LogP contribution in [-0.4, -0.2) is 32.4 Å². The van der Waals surface area contributed by atoms with E-state index in [4.69, 9.17) is 10.9 Å². The monoisotopic (exact) mass is 317 g/mol. The van der Waals surface area contributed by atoms with Crippen molar-refractivity contribution in [2.24, 2.45) is 10.9 Å². The van der Waals surface area contributed by atoms with Crippen LogP contribution >= 0.6 is 11.8 Å². The number of thioether (sulfide) groups is 1. The Morgan fingerprint density at radius 2 is 1.95 bits per heavy atom. The number of rotatable bonds is 7. The van der Waals surface area contributed by atoms with Crippen molar-refractivity contribution in [1.82, 2.24) is 0 Å². The molecule has 0 heterocycles. The summed E-state index contributed by atoms with van der Waals surface area (Å²) in [6, 6.07) is 5.91. The summed E-state index contributed by atoms with van der Waals surface area (Å²) >= 11 is 1.63. The largest absolute Gasteiger partial charge is 0.325 e. The molecule has 8 heteroatoms. The van der Waals surface area contributed by atoms with Gasteiger partial charge in [0.15, 0.2) is 0 Å². The lowest BCUT2D eigenvalue weighted by atomic mass is 10.2. The van der Waals surface area contributed by atoms with Gasteiger partial charge in [-0.25, -0.2) is 13.6 Å². The molecule has 0 bridgehead atoms. The minimum atomic E-state index is -3.55. The normalized spacial score (nSPS) is 12.9. The number of benzene rings is 1. The molecule has 0 aromatic heterocycles. The number of nitrogens with one attached hydrogen (secondary N) is 1. The van der Waals surface area contributed by atoms with Crippen LogP contribution in [0.25, 0.3) is 0 Å². The number of amides is 1. The van der Waals surface area contributed by atoms with Gasteiger partial charge >= 0.3 is 0 Å². The first-order chi connectivity index (χ1) is 9.31. The molecule has 0 aliphatic carbocycles. The number of primary sulfonamides is 1. The molecular formula is C12H19N3O3S2. The molecule has 1 aromatic rings. The van der Waals surface area contributed by atoms with E-state index in [2.05, 4.69) is 5.32 Å². The Labute approximate surface area is 123 Å². The topological polar surface area (TPSA) is 115 Å². The van der Waals surface area contributed by atoms with Crippen molar-refractivity contribution in [3.8, 4) is 0 Å². The number of carbonyl (C=O) groups excluding carboxylic acids is 1. The maximum atomic E-state index is 11.8. The summed E-state index contributed by atoms with van der Waals surface area (Å²) in [6.07, 6.45) is 2.56. The van der Waals surface area contributed by atoms with Gasteiger partial charge in [-0.2, -0.15) is 11.8 Å². The molecule has 112 valence electrons. The Kier molecular flexibility index (Phi) is 6.47. The van der Waals surface area contributed by atoms with Gasteiger partial charge in [0, 0.05) is 5.69 Å². The lowest BCUT2D eigenvalue weighted by molar-refractivity contribution is -0.117. The molecule has 1 amide bonds. The van der Waals surface area contributed by atoms with E-state index in [-0.39, 0.29) is 11.7 Å². The van der Waals surface area contributed by atoms with E-state index in [0.29, 0.717) is 17.7 Å². The molecule has 0 fully saturated rings. The van der Waals surface area contributed by atoms with Gasteiger partial charge < -0.3 is 11.1 Å². The second-order valence-corrected chi connectivity index (χ2v) is 6.98. The zero-order chi connectivity index (χ0) is 15.2. The van der Waals surface area contributed by atoms with Crippen molar-refractivity contribution in [2.75, 3.05) is 17.3 Å². The second kappa shape index (κ2) is 7.63. The summed E-state index contributed by atoms with van der Waals surface area (Å²) in [5.41, 5.74) is 6.89. The third kappa shape index (κ3) is 6.38. The summed E-state index contributed by atoms with van der Waals surface area (Å²) in [5.74, 6) is 0.342. The van der Waals surface area contributed by atoms with Gasteiger partial charge in [-0.15, -0.1) is 0 Å². The Hall–Kier alpha value is -1.09. The SMILES string of the molecule is CSCC[C@@H](N)C(=O)Nc1ccc(CS(N)(=O)=O)cc1. The highest BCUT2D eigenvalue weighted by Crippen LogP contribution is 2.12. The second-order valence-electron chi connectivity index (χ2n) is 4.38. The fraction of sp³-hybridized carbons (Fsp3) is 0.417. The zero-order valence-electron chi connectivity index (χ0n) is 11.2. The number of nitrogens with two attached hydrogens (primary N) is 2.